The molecule has 3 rings (SSSR count). The highest BCUT2D eigenvalue weighted by Crippen LogP contribution is 2.23. The zero-order chi connectivity index (χ0) is 22.2. The summed E-state index contributed by atoms with van der Waals surface area (Å²) < 4.78 is 15.6. The molecule has 0 aliphatic carbocycles. The first-order valence-electron chi connectivity index (χ1n) is 9.34. The van der Waals surface area contributed by atoms with Gasteiger partial charge in [0.25, 0.3) is 0 Å². The van der Waals surface area contributed by atoms with Crippen LogP contribution in [0.5, 0.6) is 11.5 Å². The first-order chi connectivity index (χ1) is 15.0. The van der Waals surface area contributed by atoms with Crippen LogP contribution in [0.1, 0.15) is 22.8 Å². The number of nitrogens with zero attached hydrogens (tertiary/aromatic N) is 1. The molecular formula is C25H19NO5. The molecule has 0 aromatic heterocycles. The van der Waals surface area contributed by atoms with Gasteiger partial charge in [-0.1, -0.05) is 30.8 Å². The van der Waals surface area contributed by atoms with Crippen molar-refractivity contribution < 1.29 is 23.8 Å². The van der Waals surface area contributed by atoms with Crippen LogP contribution in [0.2, 0.25) is 0 Å². The predicted molar refractivity (Wildman–Crippen MR) is 114 cm³/mol. The highest BCUT2D eigenvalue weighted by Gasteiger charge is 2.10. The lowest BCUT2D eigenvalue weighted by molar-refractivity contribution is -0.145. The number of rotatable bonds is 7. The molecule has 6 heteroatoms. The Morgan fingerprint density at radius 3 is 1.97 bits per heavy atom. The Morgan fingerprint density at radius 2 is 1.42 bits per heavy atom. The summed E-state index contributed by atoms with van der Waals surface area (Å²) in [5, 5.41) is 8.88. The molecule has 0 bridgehead atoms. The Kier molecular flexibility index (Phi) is 6.82. The van der Waals surface area contributed by atoms with E-state index in [1.165, 1.54) is 0 Å². The third kappa shape index (κ3) is 5.81. The van der Waals surface area contributed by atoms with E-state index in [1.54, 1.807) is 55.5 Å². The summed E-state index contributed by atoms with van der Waals surface area (Å²) in [6, 6.07) is 22.7. The number of esters is 2. The molecule has 3 aromatic carbocycles. The molecule has 0 spiro atoms. The number of carbonyl (C=O) groups is 2. The number of nitriles is 1. The average Bonchev–Trinajstić information content (AvgIpc) is 2.80. The first-order valence-corrected chi connectivity index (χ1v) is 9.34. The second-order valence-electron chi connectivity index (χ2n) is 6.60. The third-order valence-electron chi connectivity index (χ3n) is 4.27. The van der Waals surface area contributed by atoms with Gasteiger partial charge in [-0.2, -0.15) is 5.26 Å². The van der Waals surface area contributed by atoms with E-state index in [-0.39, 0.29) is 12.4 Å². The molecule has 0 heterocycles. The second-order valence-corrected chi connectivity index (χ2v) is 6.60. The monoisotopic (exact) mass is 413 g/mol. The van der Waals surface area contributed by atoms with Crippen molar-refractivity contribution in [2.75, 3.05) is 6.79 Å². The van der Waals surface area contributed by atoms with Gasteiger partial charge in [0.1, 0.15) is 11.5 Å². The maximum absolute atomic E-state index is 12.4. The van der Waals surface area contributed by atoms with Crippen LogP contribution in [0, 0.1) is 11.3 Å². The maximum Gasteiger partial charge on any atom is 0.343 e. The molecular weight excluding hydrogens is 394 g/mol. The van der Waals surface area contributed by atoms with Gasteiger partial charge in [-0.05, 0) is 66.6 Å². The van der Waals surface area contributed by atoms with E-state index < -0.39 is 11.9 Å². The van der Waals surface area contributed by atoms with E-state index >= 15 is 0 Å². The maximum atomic E-state index is 12.4. The number of hydrogen-bond acceptors (Lipinski definition) is 6. The Hall–Kier alpha value is -4.37. The van der Waals surface area contributed by atoms with Gasteiger partial charge in [0, 0.05) is 5.57 Å². The Balaban J connectivity index is 1.56. The molecule has 6 nitrogen and oxygen atoms in total. The van der Waals surface area contributed by atoms with Crippen molar-refractivity contribution in [2.24, 2.45) is 0 Å². The SMILES string of the molecule is C=C(C)C(=O)OCOc1ccc(C(=O)Oc2ccc(-c3ccc(C#N)cc3)cc2)cc1. The fraction of sp³-hybridized carbons (Fsp3) is 0.0800. The lowest BCUT2D eigenvalue weighted by Gasteiger charge is -2.09. The Labute approximate surface area is 179 Å². The summed E-state index contributed by atoms with van der Waals surface area (Å²) >= 11 is 0. The lowest BCUT2D eigenvalue weighted by Crippen LogP contribution is -2.11. The largest absolute Gasteiger partial charge is 0.457 e. The van der Waals surface area contributed by atoms with Gasteiger partial charge in [-0.15, -0.1) is 0 Å². The fourth-order valence-electron chi connectivity index (χ4n) is 2.58. The molecule has 0 atom stereocenters. The molecule has 0 amide bonds. The summed E-state index contributed by atoms with van der Waals surface area (Å²) in [5.74, 6) is -0.191. The first kappa shape index (κ1) is 21.3. The highest BCUT2D eigenvalue weighted by atomic mass is 16.7. The van der Waals surface area contributed by atoms with Gasteiger partial charge in [0.05, 0.1) is 17.2 Å². The highest BCUT2D eigenvalue weighted by molar-refractivity contribution is 5.91. The quantitative estimate of drug-likeness (QED) is 0.237. The minimum atomic E-state index is -0.537. The molecule has 0 N–H and O–H groups in total. The van der Waals surface area contributed by atoms with Crippen LogP contribution in [0.3, 0.4) is 0 Å². The summed E-state index contributed by atoms with van der Waals surface area (Å²) in [5.41, 5.74) is 3.13. The fourth-order valence-corrected chi connectivity index (χ4v) is 2.58. The van der Waals surface area contributed by atoms with Crippen LogP contribution in [-0.2, 0) is 9.53 Å². The second kappa shape index (κ2) is 9.90. The summed E-state index contributed by atoms with van der Waals surface area (Å²) in [6.45, 7) is 4.78. The van der Waals surface area contributed by atoms with Crippen LogP contribution in [0.4, 0.5) is 0 Å². The number of hydrogen-bond donors (Lipinski definition) is 0. The van der Waals surface area contributed by atoms with Crippen LogP contribution in [0.15, 0.2) is 84.9 Å². The van der Waals surface area contributed by atoms with E-state index in [2.05, 4.69) is 12.6 Å². The van der Waals surface area contributed by atoms with Gasteiger partial charge in [0.15, 0.2) is 0 Å². The molecule has 0 radical (unpaired) electrons. The van der Waals surface area contributed by atoms with Crippen molar-refractivity contribution in [3.63, 3.8) is 0 Å². The topological polar surface area (TPSA) is 85.6 Å². The molecule has 3 aromatic rings. The van der Waals surface area contributed by atoms with Crippen molar-refractivity contribution in [2.45, 2.75) is 6.92 Å². The van der Waals surface area contributed by atoms with Gasteiger partial charge in [0.2, 0.25) is 6.79 Å². The molecule has 0 aliphatic heterocycles. The average molecular weight is 413 g/mol. The van der Waals surface area contributed by atoms with E-state index in [1.807, 2.05) is 24.3 Å². The molecule has 154 valence electrons. The predicted octanol–water partition coefficient (Wildman–Crippen LogP) is 4.90. The smallest absolute Gasteiger partial charge is 0.343 e. The number of carbonyl (C=O) groups excluding carboxylic acids is 2. The third-order valence-corrected chi connectivity index (χ3v) is 4.27. The standard InChI is InChI=1S/C25H19NO5/c1-17(2)24(27)30-16-29-22-11-9-21(10-12-22)25(28)31-23-13-7-20(8-14-23)19-5-3-18(15-26)4-6-19/h3-14H,1,16H2,2H3. The van der Waals surface area contributed by atoms with Crippen LogP contribution < -0.4 is 9.47 Å². The zero-order valence-electron chi connectivity index (χ0n) is 16.8. The van der Waals surface area contributed by atoms with E-state index in [0.717, 1.165) is 11.1 Å². The molecule has 31 heavy (non-hydrogen) atoms. The van der Waals surface area contributed by atoms with E-state index in [4.69, 9.17) is 19.5 Å². The summed E-state index contributed by atoms with van der Waals surface area (Å²) in [7, 11) is 0. The summed E-state index contributed by atoms with van der Waals surface area (Å²) in [6.07, 6.45) is 0. The van der Waals surface area contributed by atoms with Crippen molar-refractivity contribution in [3.8, 4) is 28.7 Å². The number of ether oxygens (including phenoxy) is 3. The van der Waals surface area contributed by atoms with Gasteiger partial charge < -0.3 is 14.2 Å². The van der Waals surface area contributed by atoms with Crippen molar-refractivity contribution in [1.82, 2.24) is 0 Å². The molecule has 0 fully saturated rings. The normalized spacial score (nSPS) is 9.94. The lowest BCUT2D eigenvalue weighted by atomic mass is 10.0. The molecule has 0 aliphatic rings. The van der Waals surface area contributed by atoms with Gasteiger partial charge in [-0.25, -0.2) is 9.59 Å². The van der Waals surface area contributed by atoms with Gasteiger partial charge in [-0.3, -0.25) is 0 Å². The number of benzene rings is 3. The van der Waals surface area contributed by atoms with E-state index in [9.17, 15) is 9.59 Å². The molecule has 0 unspecified atom stereocenters. The zero-order valence-corrected chi connectivity index (χ0v) is 16.8. The van der Waals surface area contributed by atoms with Crippen molar-refractivity contribution in [3.05, 3.63) is 96.1 Å². The Bertz CT molecular complexity index is 1120. The minimum absolute atomic E-state index is 0.249. The Morgan fingerprint density at radius 1 is 0.871 bits per heavy atom. The van der Waals surface area contributed by atoms with E-state index in [0.29, 0.717) is 22.6 Å². The van der Waals surface area contributed by atoms with Crippen LogP contribution in [0.25, 0.3) is 11.1 Å². The summed E-state index contributed by atoms with van der Waals surface area (Å²) in [4.78, 5) is 23.7. The minimum Gasteiger partial charge on any atom is -0.457 e. The van der Waals surface area contributed by atoms with Crippen LogP contribution >= 0.6 is 0 Å². The van der Waals surface area contributed by atoms with Crippen molar-refractivity contribution in [1.29, 1.82) is 5.26 Å². The molecule has 0 saturated heterocycles. The van der Waals surface area contributed by atoms with Gasteiger partial charge >= 0.3 is 11.9 Å². The van der Waals surface area contributed by atoms with Crippen molar-refractivity contribution >= 4 is 11.9 Å². The van der Waals surface area contributed by atoms with Crippen LogP contribution in [-0.4, -0.2) is 18.7 Å². The molecule has 0 saturated carbocycles.